The molecule has 0 spiro atoms. The van der Waals surface area contributed by atoms with Crippen molar-refractivity contribution in [3.05, 3.63) is 83.2 Å². The third-order valence-electron chi connectivity index (χ3n) is 6.12. The molecule has 1 aliphatic heterocycles. The van der Waals surface area contributed by atoms with E-state index in [2.05, 4.69) is 10.3 Å². The van der Waals surface area contributed by atoms with E-state index >= 15 is 0 Å². The summed E-state index contributed by atoms with van der Waals surface area (Å²) in [5, 5.41) is 6.86. The number of carbonyl (C=O) groups excluding carboxylic acids is 2. The topological polar surface area (TPSA) is 62.3 Å². The molecule has 0 radical (unpaired) electrons. The van der Waals surface area contributed by atoms with Crippen LogP contribution in [0, 0.1) is 17.6 Å². The molecule has 1 aromatic heterocycles. The SMILES string of the molecule is O=C(Nc1nc(-c2ccc(F)c(F)c2)cs1)C1CCN(C(=O)c2cccc3ccccc23)CC1. The molecule has 1 fully saturated rings. The number of likely N-dealkylation sites (tertiary alicyclic amines) is 1. The van der Waals surface area contributed by atoms with Gasteiger partial charge in [-0.1, -0.05) is 36.4 Å². The smallest absolute Gasteiger partial charge is 0.254 e. The van der Waals surface area contributed by atoms with Crippen molar-refractivity contribution in [1.29, 1.82) is 0 Å². The summed E-state index contributed by atoms with van der Waals surface area (Å²) in [4.78, 5) is 32.0. The van der Waals surface area contributed by atoms with Gasteiger partial charge in [0, 0.05) is 35.5 Å². The molecular formula is C26H21F2N3O2S. The molecule has 5 nitrogen and oxygen atoms in total. The van der Waals surface area contributed by atoms with Crippen molar-refractivity contribution < 1.29 is 18.4 Å². The summed E-state index contributed by atoms with van der Waals surface area (Å²) in [6.45, 7) is 0.996. The van der Waals surface area contributed by atoms with Gasteiger partial charge in [-0.15, -0.1) is 11.3 Å². The lowest BCUT2D eigenvalue weighted by atomic mass is 9.95. The van der Waals surface area contributed by atoms with Gasteiger partial charge >= 0.3 is 0 Å². The zero-order valence-corrected chi connectivity index (χ0v) is 18.9. The van der Waals surface area contributed by atoms with E-state index in [9.17, 15) is 18.4 Å². The van der Waals surface area contributed by atoms with Crippen LogP contribution in [0.4, 0.5) is 13.9 Å². The van der Waals surface area contributed by atoms with Gasteiger partial charge in [-0.05, 0) is 47.9 Å². The minimum atomic E-state index is -0.944. The first-order valence-corrected chi connectivity index (χ1v) is 11.9. The monoisotopic (exact) mass is 477 g/mol. The predicted molar refractivity (Wildman–Crippen MR) is 129 cm³/mol. The molecule has 2 amide bonds. The number of halogens is 2. The largest absolute Gasteiger partial charge is 0.339 e. The van der Waals surface area contributed by atoms with Gasteiger partial charge in [0.2, 0.25) is 5.91 Å². The number of rotatable bonds is 4. The zero-order valence-electron chi connectivity index (χ0n) is 18.1. The molecule has 0 bridgehead atoms. The van der Waals surface area contributed by atoms with Crippen LogP contribution in [0.1, 0.15) is 23.2 Å². The number of benzene rings is 3. The highest BCUT2D eigenvalue weighted by atomic mass is 32.1. The summed E-state index contributed by atoms with van der Waals surface area (Å²) < 4.78 is 26.7. The molecule has 2 heterocycles. The Bertz CT molecular complexity index is 1370. The van der Waals surface area contributed by atoms with Crippen LogP contribution in [0.2, 0.25) is 0 Å². The van der Waals surface area contributed by atoms with Crippen molar-refractivity contribution in [1.82, 2.24) is 9.88 Å². The second kappa shape index (κ2) is 9.30. The van der Waals surface area contributed by atoms with Crippen LogP contribution in [0.25, 0.3) is 22.0 Å². The van der Waals surface area contributed by atoms with Gasteiger partial charge in [0.05, 0.1) is 5.69 Å². The van der Waals surface area contributed by atoms with Crippen LogP contribution in [0.15, 0.2) is 66.0 Å². The number of nitrogens with zero attached hydrogens (tertiary/aromatic N) is 2. The number of amides is 2. The van der Waals surface area contributed by atoms with Crippen molar-refractivity contribution in [3.8, 4) is 11.3 Å². The predicted octanol–water partition coefficient (Wildman–Crippen LogP) is 5.73. The lowest BCUT2D eigenvalue weighted by molar-refractivity contribution is -0.121. The summed E-state index contributed by atoms with van der Waals surface area (Å²) in [6, 6.07) is 17.1. The summed E-state index contributed by atoms with van der Waals surface area (Å²) in [7, 11) is 0. The molecule has 34 heavy (non-hydrogen) atoms. The van der Waals surface area contributed by atoms with E-state index in [0.717, 1.165) is 22.9 Å². The molecule has 0 aliphatic carbocycles. The van der Waals surface area contributed by atoms with Gasteiger partial charge in [-0.3, -0.25) is 9.59 Å². The van der Waals surface area contributed by atoms with Crippen molar-refractivity contribution in [2.75, 3.05) is 18.4 Å². The van der Waals surface area contributed by atoms with Crippen LogP contribution >= 0.6 is 11.3 Å². The number of aromatic nitrogens is 1. The fourth-order valence-corrected chi connectivity index (χ4v) is 4.98. The van der Waals surface area contributed by atoms with Gasteiger partial charge < -0.3 is 10.2 Å². The van der Waals surface area contributed by atoms with E-state index in [1.807, 2.05) is 42.5 Å². The number of fused-ring (bicyclic) bond motifs is 1. The van der Waals surface area contributed by atoms with Crippen LogP contribution in [0.3, 0.4) is 0 Å². The molecule has 3 aromatic carbocycles. The standard InChI is InChI=1S/C26H21F2N3O2S/c27-21-9-8-18(14-22(21)28)23-15-34-26(29-23)30-24(32)17-10-12-31(13-11-17)25(33)20-7-3-5-16-4-1-2-6-19(16)20/h1-9,14-15,17H,10-13H2,(H,29,30,32). The van der Waals surface area contributed by atoms with Crippen molar-refractivity contribution in [2.45, 2.75) is 12.8 Å². The molecule has 0 unspecified atom stereocenters. The Balaban J connectivity index is 1.20. The van der Waals surface area contributed by atoms with Gasteiger partial charge in [0.25, 0.3) is 5.91 Å². The molecular weight excluding hydrogens is 456 g/mol. The molecule has 5 rings (SSSR count). The normalized spacial score (nSPS) is 14.4. The second-order valence-corrected chi connectivity index (χ2v) is 9.11. The van der Waals surface area contributed by atoms with E-state index in [1.54, 1.807) is 10.3 Å². The average molecular weight is 478 g/mol. The quantitative estimate of drug-likeness (QED) is 0.408. The highest BCUT2D eigenvalue weighted by molar-refractivity contribution is 7.14. The molecule has 0 atom stereocenters. The van der Waals surface area contributed by atoms with E-state index < -0.39 is 11.6 Å². The second-order valence-electron chi connectivity index (χ2n) is 8.25. The van der Waals surface area contributed by atoms with Crippen LogP contribution in [0.5, 0.6) is 0 Å². The van der Waals surface area contributed by atoms with Crippen molar-refractivity contribution in [3.63, 3.8) is 0 Å². The molecule has 1 N–H and O–H groups in total. The summed E-state index contributed by atoms with van der Waals surface area (Å²) in [5.41, 5.74) is 1.58. The molecule has 4 aromatic rings. The first kappa shape index (κ1) is 22.2. The Hall–Kier alpha value is -3.65. The number of anilines is 1. The van der Waals surface area contributed by atoms with E-state index in [-0.39, 0.29) is 17.7 Å². The van der Waals surface area contributed by atoms with Crippen molar-refractivity contribution in [2.24, 2.45) is 5.92 Å². The minimum Gasteiger partial charge on any atom is -0.339 e. The number of nitrogens with one attached hydrogen (secondary N) is 1. The lowest BCUT2D eigenvalue weighted by Gasteiger charge is -2.31. The number of hydrogen-bond donors (Lipinski definition) is 1. The molecule has 0 saturated carbocycles. The van der Waals surface area contributed by atoms with Gasteiger partial charge in [-0.2, -0.15) is 0 Å². The molecule has 8 heteroatoms. The highest BCUT2D eigenvalue weighted by Gasteiger charge is 2.29. The first-order valence-electron chi connectivity index (χ1n) is 11.0. The maximum absolute atomic E-state index is 13.5. The highest BCUT2D eigenvalue weighted by Crippen LogP contribution is 2.28. The van der Waals surface area contributed by atoms with Crippen LogP contribution < -0.4 is 5.32 Å². The minimum absolute atomic E-state index is 0.0215. The Morgan fingerprint density at radius 2 is 1.74 bits per heavy atom. The molecule has 1 aliphatic rings. The Morgan fingerprint density at radius 3 is 2.53 bits per heavy atom. The van der Waals surface area contributed by atoms with Gasteiger partial charge in [0.15, 0.2) is 16.8 Å². The summed E-state index contributed by atoms with van der Waals surface area (Å²) >= 11 is 1.23. The zero-order chi connectivity index (χ0) is 23.7. The third-order valence-corrected chi connectivity index (χ3v) is 6.88. The summed E-state index contributed by atoms with van der Waals surface area (Å²) in [5.74, 6) is -2.26. The third kappa shape index (κ3) is 4.41. The van der Waals surface area contributed by atoms with E-state index in [4.69, 9.17) is 0 Å². The molecule has 172 valence electrons. The van der Waals surface area contributed by atoms with Gasteiger partial charge in [0.1, 0.15) is 0 Å². The fraction of sp³-hybridized carbons (Fsp3) is 0.192. The maximum Gasteiger partial charge on any atom is 0.254 e. The average Bonchev–Trinajstić information content (AvgIpc) is 3.33. The first-order chi connectivity index (χ1) is 16.5. The number of hydrogen-bond acceptors (Lipinski definition) is 4. The molecule has 1 saturated heterocycles. The van der Waals surface area contributed by atoms with Crippen LogP contribution in [-0.2, 0) is 4.79 Å². The van der Waals surface area contributed by atoms with Crippen molar-refractivity contribution >= 4 is 39.1 Å². The lowest BCUT2D eigenvalue weighted by Crippen LogP contribution is -2.41. The maximum atomic E-state index is 13.5. The Morgan fingerprint density at radius 1 is 0.971 bits per heavy atom. The Kier molecular flexibility index (Phi) is 6.06. The summed E-state index contributed by atoms with van der Waals surface area (Å²) in [6.07, 6.45) is 1.12. The number of carbonyl (C=O) groups is 2. The Labute approximate surface area is 199 Å². The fourth-order valence-electron chi connectivity index (χ4n) is 4.25. The van der Waals surface area contributed by atoms with E-state index in [1.165, 1.54) is 17.4 Å². The number of thiazole rings is 1. The van der Waals surface area contributed by atoms with Gasteiger partial charge in [-0.25, -0.2) is 13.8 Å². The van der Waals surface area contributed by atoms with Crippen LogP contribution in [-0.4, -0.2) is 34.8 Å². The van der Waals surface area contributed by atoms with E-state index in [0.29, 0.717) is 47.9 Å². The number of piperidine rings is 1.